The quantitative estimate of drug-likeness (QED) is 0.528. The maximum Gasteiger partial charge on any atom is 0.265 e. The minimum Gasteiger partial charge on any atom is -0.298 e. The zero-order valence-electron chi connectivity index (χ0n) is 11.3. The third kappa shape index (κ3) is 3.41. The van der Waals surface area contributed by atoms with Crippen molar-refractivity contribution < 1.29 is 14.0 Å². The van der Waals surface area contributed by atoms with Crippen molar-refractivity contribution in [3.8, 4) is 0 Å². The van der Waals surface area contributed by atoms with E-state index in [-0.39, 0.29) is 16.5 Å². The summed E-state index contributed by atoms with van der Waals surface area (Å²) in [7, 11) is 0. The number of nitrogens with zero attached hydrogens (tertiary/aromatic N) is 1. The minimum absolute atomic E-state index is 0.0174. The van der Waals surface area contributed by atoms with Gasteiger partial charge in [-0.05, 0) is 42.9 Å². The number of likely N-dealkylation sites (N-methyl/N-ethyl adjacent to an activating group) is 1. The van der Waals surface area contributed by atoms with E-state index in [1.165, 1.54) is 23.1 Å². The number of nitrogens with one attached hydrogen (secondary N) is 1. The van der Waals surface area contributed by atoms with Gasteiger partial charge in [-0.15, -0.1) is 0 Å². The second kappa shape index (κ2) is 6.41. The lowest BCUT2D eigenvalue weighted by molar-refractivity contribution is -0.128. The molecule has 6 heteroatoms. The van der Waals surface area contributed by atoms with E-state index in [1.54, 1.807) is 31.2 Å². The van der Waals surface area contributed by atoms with E-state index >= 15 is 0 Å². The van der Waals surface area contributed by atoms with E-state index in [9.17, 15) is 14.0 Å². The van der Waals surface area contributed by atoms with Crippen LogP contribution >= 0.6 is 12.2 Å². The zero-order chi connectivity index (χ0) is 15.4. The van der Waals surface area contributed by atoms with Crippen LogP contribution in [0.1, 0.15) is 12.5 Å². The molecule has 0 aromatic heterocycles. The summed E-state index contributed by atoms with van der Waals surface area (Å²) < 4.78 is 12.8. The number of carbonyl (C=O) groups excluding carboxylic acids is 2. The van der Waals surface area contributed by atoms with Gasteiger partial charge in [-0.1, -0.05) is 24.3 Å². The smallest absolute Gasteiger partial charge is 0.265 e. The highest BCUT2D eigenvalue weighted by molar-refractivity contribution is 7.80. The van der Waals surface area contributed by atoms with Gasteiger partial charge in [0.25, 0.3) is 11.8 Å². The van der Waals surface area contributed by atoms with Crippen LogP contribution in [0.2, 0.25) is 0 Å². The summed E-state index contributed by atoms with van der Waals surface area (Å²) in [5.74, 6) is -1.26. The van der Waals surface area contributed by atoms with Gasteiger partial charge in [-0.25, -0.2) is 4.39 Å². The van der Waals surface area contributed by atoms with Crippen LogP contribution in [0.4, 0.5) is 4.39 Å². The summed E-state index contributed by atoms with van der Waals surface area (Å²) in [5.41, 5.74) is 0.781. The summed E-state index contributed by atoms with van der Waals surface area (Å²) in [5, 5.41) is 2.58. The fraction of sp³-hybridized carbons (Fsp3) is 0.133. The first-order valence-electron chi connectivity index (χ1n) is 6.34. The van der Waals surface area contributed by atoms with Crippen molar-refractivity contribution in [1.29, 1.82) is 0 Å². The Labute approximate surface area is 126 Å². The molecule has 21 heavy (non-hydrogen) atoms. The molecule has 1 aliphatic heterocycles. The molecule has 0 bridgehead atoms. The van der Waals surface area contributed by atoms with Crippen LogP contribution in [-0.4, -0.2) is 28.4 Å². The number of hydrogen-bond donors (Lipinski definition) is 1. The number of rotatable bonds is 3. The van der Waals surface area contributed by atoms with Crippen LogP contribution in [0.3, 0.4) is 0 Å². The van der Waals surface area contributed by atoms with Crippen LogP contribution in [0.15, 0.2) is 42.0 Å². The molecule has 1 saturated heterocycles. The fourth-order valence-electron chi connectivity index (χ4n) is 1.83. The predicted molar refractivity (Wildman–Crippen MR) is 81.6 cm³/mol. The lowest BCUT2D eigenvalue weighted by Gasteiger charge is -2.27. The molecule has 1 heterocycles. The van der Waals surface area contributed by atoms with E-state index in [0.717, 1.165) is 5.56 Å². The third-order valence-electron chi connectivity index (χ3n) is 2.92. The first-order valence-corrected chi connectivity index (χ1v) is 6.75. The maximum absolute atomic E-state index is 12.8. The Balaban J connectivity index is 2.19. The van der Waals surface area contributed by atoms with Crippen molar-refractivity contribution in [2.75, 3.05) is 6.54 Å². The first-order chi connectivity index (χ1) is 10.0. The first kappa shape index (κ1) is 15.1. The van der Waals surface area contributed by atoms with E-state index < -0.39 is 11.8 Å². The number of hydrogen-bond acceptors (Lipinski definition) is 3. The topological polar surface area (TPSA) is 49.4 Å². The highest BCUT2D eigenvalue weighted by Crippen LogP contribution is 2.11. The van der Waals surface area contributed by atoms with Gasteiger partial charge in [0.15, 0.2) is 5.11 Å². The Morgan fingerprint density at radius 1 is 1.29 bits per heavy atom. The molecule has 1 aliphatic rings. The molecule has 0 radical (unpaired) electrons. The van der Waals surface area contributed by atoms with Gasteiger partial charge >= 0.3 is 0 Å². The highest BCUT2D eigenvalue weighted by Gasteiger charge is 2.31. The lowest BCUT2D eigenvalue weighted by Crippen LogP contribution is -2.53. The Bertz CT molecular complexity index is 650. The summed E-state index contributed by atoms with van der Waals surface area (Å²) in [6.07, 6.45) is 4.67. The summed E-state index contributed by atoms with van der Waals surface area (Å²) in [4.78, 5) is 25.2. The largest absolute Gasteiger partial charge is 0.298 e. The van der Waals surface area contributed by atoms with Gasteiger partial charge in [0.05, 0.1) is 0 Å². The van der Waals surface area contributed by atoms with Crippen LogP contribution in [-0.2, 0) is 9.59 Å². The van der Waals surface area contributed by atoms with Crippen molar-refractivity contribution in [3.63, 3.8) is 0 Å². The molecule has 1 fully saturated rings. The number of benzene rings is 1. The molecule has 1 aromatic rings. The highest BCUT2D eigenvalue weighted by atomic mass is 32.1. The number of amides is 2. The molecule has 0 atom stereocenters. The molecular weight excluding hydrogens is 291 g/mol. The monoisotopic (exact) mass is 304 g/mol. The van der Waals surface area contributed by atoms with Gasteiger partial charge in [-0.3, -0.25) is 19.8 Å². The van der Waals surface area contributed by atoms with Crippen LogP contribution in [0.5, 0.6) is 0 Å². The molecule has 2 rings (SSSR count). The van der Waals surface area contributed by atoms with Crippen molar-refractivity contribution >= 4 is 35.2 Å². The fourth-order valence-corrected chi connectivity index (χ4v) is 2.13. The minimum atomic E-state index is -0.515. The molecule has 1 N–H and O–H groups in total. The average Bonchev–Trinajstić information content (AvgIpc) is 2.44. The molecular formula is C15H13FN2O2S. The number of allylic oxidation sites excluding steroid dienone is 2. The van der Waals surface area contributed by atoms with E-state index in [4.69, 9.17) is 12.2 Å². The molecule has 0 unspecified atom stereocenters. The van der Waals surface area contributed by atoms with Gasteiger partial charge < -0.3 is 0 Å². The molecule has 0 saturated carbocycles. The number of carbonyl (C=O) groups is 2. The van der Waals surface area contributed by atoms with E-state index in [0.29, 0.717) is 6.54 Å². The second-order valence-electron chi connectivity index (χ2n) is 4.30. The number of thiocarbonyl (C=S) groups is 1. The van der Waals surface area contributed by atoms with Crippen molar-refractivity contribution in [2.24, 2.45) is 0 Å². The molecule has 1 aromatic carbocycles. The summed E-state index contributed by atoms with van der Waals surface area (Å²) >= 11 is 4.93. The Hall–Kier alpha value is -2.34. The van der Waals surface area contributed by atoms with Gasteiger partial charge in [0, 0.05) is 6.54 Å². The lowest BCUT2D eigenvalue weighted by atomic mass is 10.1. The van der Waals surface area contributed by atoms with Crippen LogP contribution < -0.4 is 5.32 Å². The summed E-state index contributed by atoms with van der Waals surface area (Å²) in [6, 6.07) is 5.87. The SMILES string of the molecule is CCN1C(=O)/C(=C/C=C/c2ccc(F)cc2)C(=O)NC1=S. The maximum atomic E-state index is 12.8. The van der Waals surface area contributed by atoms with Crippen LogP contribution in [0.25, 0.3) is 6.08 Å². The molecule has 2 amide bonds. The molecule has 0 aliphatic carbocycles. The van der Waals surface area contributed by atoms with Crippen molar-refractivity contribution in [2.45, 2.75) is 6.92 Å². The van der Waals surface area contributed by atoms with Crippen molar-refractivity contribution in [1.82, 2.24) is 10.2 Å². The second-order valence-corrected chi connectivity index (χ2v) is 4.69. The van der Waals surface area contributed by atoms with Gasteiger partial charge in [0.1, 0.15) is 11.4 Å². The Kier molecular flexibility index (Phi) is 4.59. The zero-order valence-corrected chi connectivity index (χ0v) is 12.1. The van der Waals surface area contributed by atoms with Gasteiger partial charge in [-0.2, -0.15) is 0 Å². The third-order valence-corrected chi connectivity index (χ3v) is 3.25. The van der Waals surface area contributed by atoms with Crippen molar-refractivity contribution in [3.05, 3.63) is 53.4 Å². The molecule has 4 nitrogen and oxygen atoms in total. The Morgan fingerprint density at radius 2 is 1.95 bits per heavy atom. The average molecular weight is 304 g/mol. The van der Waals surface area contributed by atoms with Gasteiger partial charge in [0.2, 0.25) is 0 Å². The van der Waals surface area contributed by atoms with Crippen LogP contribution in [0, 0.1) is 5.82 Å². The van der Waals surface area contributed by atoms with E-state index in [2.05, 4.69) is 5.32 Å². The predicted octanol–water partition coefficient (Wildman–Crippen LogP) is 2.03. The number of halogens is 1. The van der Waals surface area contributed by atoms with E-state index in [1.807, 2.05) is 0 Å². The normalized spacial score (nSPS) is 17.7. The molecule has 108 valence electrons. The molecule has 0 spiro atoms. The standard InChI is InChI=1S/C15H13FN2O2S/c1-2-18-14(20)12(13(19)17-15(18)21)5-3-4-10-6-8-11(16)9-7-10/h3-9H,2H2,1H3,(H,17,19,21)/b4-3+,12-5+. The summed E-state index contributed by atoms with van der Waals surface area (Å²) in [6.45, 7) is 2.16. The Morgan fingerprint density at radius 3 is 2.57 bits per heavy atom.